The van der Waals surface area contributed by atoms with E-state index in [-0.39, 0.29) is 6.61 Å². The van der Waals surface area contributed by atoms with Crippen molar-refractivity contribution < 1.29 is 19.1 Å². The lowest BCUT2D eigenvalue weighted by molar-refractivity contribution is -0.150. The normalized spacial score (nSPS) is 23.2. The number of ether oxygens (including phenoxy) is 1. The second-order valence-electron chi connectivity index (χ2n) is 7.21. The van der Waals surface area contributed by atoms with E-state index in [0.717, 1.165) is 21.8 Å². The summed E-state index contributed by atoms with van der Waals surface area (Å²) >= 11 is 0. The van der Waals surface area contributed by atoms with Crippen LogP contribution in [-0.4, -0.2) is 71.0 Å². The molecule has 3 heterocycles. The van der Waals surface area contributed by atoms with Gasteiger partial charge in [0.25, 0.3) is 5.91 Å². The Balaban J connectivity index is 1.68. The Morgan fingerprint density at radius 1 is 1.21 bits per heavy atom. The van der Waals surface area contributed by atoms with Crippen LogP contribution in [-0.2, 0) is 14.3 Å². The molecule has 3 aliphatic rings. The van der Waals surface area contributed by atoms with Crippen molar-refractivity contribution in [3.05, 3.63) is 41.7 Å². The third-order valence-electron chi connectivity index (χ3n) is 5.34. The first kappa shape index (κ1) is 19.0. The van der Waals surface area contributed by atoms with Gasteiger partial charge in [-0.3, -0.25) is 19.4 Å². The minimum atomic E-state index is -0.717. The van der Waals surface area contributed by atoms with Gasteiger partial charge in [-0.1, -0.05) is 18.2 Å². The average Bonchev–Trinajstić information content (AvgIpc) is 3.19. The molecule has 0 saturated carbocycles. The number of allylic oxidation sites excluding steroid dienone is 1. The number of imide groups is 1. The number of carbonyl (C=O) groups excluding carboxylic acids is 3. The smallest absolute Gasteiger partial charge is 0.328 e. The molecule has 0 N–H and O–H groups in total. The zero-order valence-electron chi connectivity index (χ0n) is 16.8. The molecule has 0 spiro atoms. The summed E-state index contributed by atoms with van der Waals surface area (Å²) in [6.45, 7) is 5.40. The van der Waals surface area contributed by atoms with Gasteiger partial charge in [0.05, 0.1) is 12.3 Å². The first-order chi connectivity index (χ1) is 13.8. The molecule has 152 valence electrons. The number of anilines is 1. The molecule has 1 aromatic carbocycles. The van der Waals surface area contributed by atoms with Crippen LogP contribution in [0.1, 0.15) is 19.4 Å². The number of aliphatic imine (C=N–C) groups is 1. The quantitative estimate of drug-likeness (QED) is 0.716. The van der Waals surface area contributed by atoms with Crippen LogP contribution >= 0.6 is 0 Å². The summed E-state index contributed by atoms with van der Waals surface area (Å²) in [4.78, 5) is 48.6. The third kappa shape index (κ3) is 2.84. The molecular formula is C20H23N5O4. The molecular weight excluding hydrogens is 374 g/mol. The number of nitrogens with zero attached hydrogens (tertiary/aromatic N) is 5. The summed E-state index contributed by atoms with van der Waals surface area (Å²) in [5, 5.41) is 0. The van der Waals surface area contributed by atoms with E-state index >= 15 is 0 Å². The SMILES string of the molecule is CCOC(=O)CN1C(=O)C2C(N=C3N(c4ccccc4C)C(C)=CN32)N(C)C1=O. The fourth-order valence-electron chi connectivity index (χ4n) is 3.95. The predicted octanol–water partition coefficient (Wildman–Crippen LogP) is 1.50. The minimum Gasteiger partial charge on any atom is -0.465 e. The Bertz CT molecular complexity index is 956. The van der Waals surface area contributed by atoms with Crippen molar-refractivity contribution in [2.45, 2.75) is 33.0 Å². The number of fused-ring (bicyclic) bond motifs is 3. The Hall–Kier alpha value is -3.36. The van der Waals surface area contributed by atoms with Crippen LogP contribution in [0, 0.1) is 6.92 Å². The van der Waals surface area contributed by atoms with Gasteiger partial charge in [0.2, 0.25) is 5.96 Å². The standard InChI is InChI=1S/C20H23N5O4/c1-5-29-15(26)11-24-18(27)16-17(22(4)20(24)28)21-19-23(16)10-13(3)25(19)14-9-7-6-8-12(14)2/h6-10,16-17H,5,11H2,1-4H3. The van der Waals surface area contributed by atoms with Crippen molar-refractivity contribution in [3.8, 4) is 0 Å². The van der Waals surface area contributed by atoms with Crippen molar-refractivity contribution in [3.63, 3.8) is 0 Å². The first-order valence-corrected chi connectivity index (χ1v) is 9.49. The highest BCUT2D eigenvalue weighted by Crippen LogP contribution is 2.37. The van der Waals surface area contributed by atoms with E-state index in [1.54, 1.807) is 18.9 Å². The number of hydrogen-bond donors (Lipinski definition) is 0. The van der Waals surface area contributed by atoms with Crippen molar-refractivity contribution in [1.29, 1.82) is 0 Å². The molecule has 9 nitrogen and oxygen atoms in total. The van der Waals surface area contributed by atoms with E-state index in [2.05, 4.69) is 0 Å². The summed E-state index contributed by atoms with van der Waals surface area (Å²) in [6, 6.07) is 6.64. The second kappa shape index (κ2) is 6.91. The number of esters is 1. The molecule has 2 atom stereocenters. The molecule has 4 rings (SSSR count). The molecule has 0 radical (unpaired) electrons. The molecule has 1 fully saturated rings. The maximum Gasteiger partial charge on any atom is 0.328 e. The average molecular weight is 397 g/mol. The lowest BCUT2D eigenvalue weighted by Crippen LogP contribution is -2.65. The summed E-state index contributed by atoms with van der Waals surface area (Å²) in [5.74, 6) is -0.478. The number of rotatable bonds is 4. The van der Waals surface area contributed by atoms with Crippen LogP contribution in [0.5, 0.6) is 0 Å². The van der Waals surface area contributed by atoms with Gasteiger partial charge < -0.3 is 14.5 Å². The van der Waals surface area contributed by atoms with Gasteiger partial charge >= 0.3 is 12.0 Å². The zero-order valence-corrected chi connectivity index (χ0v) is 16.8. The molecule has 9 heteroatoms. The van der Waals surface area contributed by atoms with Crippen LogP contribution < -0.4 is 4.90 Å². The number of guanidine groups is 1. The Kier molecular flexibility index (Phi) is 4.52. The third-order valence-corrected chi connectivity index (χ3v) is 5.34. The number of hydrogen-bond acceptors (Lipinski definition) is 7. The van der Waals surface area contributed by atoms with Gasteiger partial charge in [-0.25, -0.2) is 9.79 Å². The highest BCUT2D eigenvalue weighted by molar-refractivity contribution is 6.10. The molecule has 1 saturated heterocycles. The van der Waals surface area contributed by atoms with Crippen LogP contribution in [0.3, 0.4) is 0 Å². The topological polar surface area (TPSA) is 85.8 Å². The second-order valence-corrected chi connectivity index (χ2v) is 7.21. The molecule has 3 amide bonds. The Labute approximate surface area is 168 Å². The van der Waals surface area contributed by atoms with E-state index in [4.69, 9.17) is 9.73 Å². The van der Waals surface area contributed by atoms with Gasteiger partial charge in [-0.15, -0.1) is 0 Å². The van der Waals surface area contributed by atoms with Gasteiger partial charge in [0.15, 0.2) is 12.2 Å². The Morgan fingerprint density at radius 2 is 1.93 bits per heavy atom. The molecule has 1 aromatic rings. The maximum atomic E-state index is 13.2. The summed E-state index contributed by atoms with van der Waals surface area (Å²) in [5.41, 5.74) is 2.95. The van der Waals surface area contributed by atoms with Gasteiger partial charge in [0.1, 0.15) is 6.54 Å². The summed E-state index contributed by atoms with van der Waals surface area (Å²) in [7, 11) is 1.59. The number of benzene rings is 1. The fraction of sp³-hybridized carbons (Fsp3) is 0.400. The van der Waals surface area contributed by atoms with Crippen LogP contribution in [0.2, 0.25) is 0 Å². The van der Waals surface area contributed by atoms with E-state index < -0.39 is 36.7 Å². The van der Waals surface area contributed by atoms with Gasteiger partial charge in [0, 0.05) is 18.9 Å². The van der Waals surface area contributed by atoms with E-state index in [1.807, 2.05) is 49.2 Å². The van der Waals surface area contributed by atoms with Crippen molar-refractivity contribution in [2.75, 3.05) is 25.1 Å². The summed E-state index contributed by atoms with van der Waals surface area (Å²) in [6.07, 6.45) is 1.21. The zero-order chi connectivity index (χ0) is 20.9. The monoisotopic (exact) mass is 397 g/mol. The van der Waals surface area contributed by atoms with E-state index in [0.29, 0.717) is 5.96 Å². The number of likely N-dealkylation sites (N-methyl/N-ethyl adjacent to an activating group) is 1. The molecule has 29 heavy (non-hydrogen) atoms. The first-order valence-electron chi connectivity index (χ1n) is 9.49. The molecule has 2 unspecified atom stereocenters. The maximum absolute atomic E-state index is 13.2. The number of para-hydroxylation sites is 1. The van der Waals surface area contributed by atoms with E-state index in [1.165, 1.54) is 4.90 Å². The van der Waals surface area contributed by atoms with E-state index in [9.17, 15) is 14.4 Å². The highest BCUT2D eigenvalue weighted by Gasteiger charge is 2.54. The van der Waals surface area contributed by atoms with Crippen LogP contribution in [0.15, 0.2) is 41.2 Å². The predicted molar refractivity (Wildman–Crippen MR) is 106 cm³/mol. The Morgan fingerprint density at radius 3 is 2.62 bits per heavy atom. The highest BCUT2D eigenvalue weighted by atomic mass is 16.5. The van der Waals surface area contributed by atoms with Crippen molar-refractivity contribution in [2.24, 2.45) is 4.99 Å². The van der Waals surface area contributed by atoms with Gasteiger partial charge in [-0.05, 0) is 32.4 Å². The number of carbonyl (C=O) groups is 3. The van der Waals surface area contributed by atoms with Crippen molar-refractivity contribution in [1.82, 2.24) is 14.7 Å². The molecule has 0 bridgehead atoms. The van der Waals surface area contributed by atoms with Crippen molar-refractivity contribution >= 4 is 29.6 Å². The molecule has 3 aliphatic heterocycles. The van der Waals surface area contributed by atoms with Crippen LogP contribution in [0.25, 0.3) is 0 Å². The van der Waals surface area contributed by atoms with Gasteiger partial charge in [-0.2, -0.15) is 0 Å². The molecule has 0 aromatic heterocycles. The number of aryl methyl sites for hydroxylation is 1. The summed E-state index contributed by atoms with van der Waals surface area (Å²) < 4.78 is 4.91. The minimum absolute atomic E-state index is 0.184. The molecule has 0 aliphatic carbocycles. The lowest BCUT2D eigenvalue weighted by atomic mass is 10.1. The largest absolute Gasteiger partial charge is 0.465 e. The number of amides is 3. The fourth-order valence-corrected chi connectivity index (χ4v) is 3.95. The number of urea groups is 1. The lowest BCUT2D eigenvalue weighted by Gasteiger charge is -2.39. The van der Waals surface area contributed by atoms with Crippen LogP contribution in [0.4, 0.5) is 10.5 Å².